The molecule has 110 valence electrons. The van der Waals surface area contributed by atoms with Crippen molar-refractivity contribution in [3.8, 4) is 5.75 Å². The van der Waals surface area contributed by atoms with Crippen LogP contribution >= 0.6 is 15.9 Å². The smallest absolute Gasteiger partial charge is 0.297 e. The number of halogens is 1. The first-order valence-electron chi connectivity index (χ1n) is 5.56. The number of rotatable bonds is 4. The van der Waals surface area contributed by atoms with Gasteiger partial charge >= 0.3 is 0 Å². The van der Waals surface area contributed by atoms with Crippen LogP contribution in [0.25, 0.3) is 0 Å². The first kappa shape index (κ1) is 15.3. The van der Waals surface area contributed by atoms with Crippen molar-refractivity contribution in [3.05, 3.63) is 57.1 Å². The van der Waals surface area contributed by atoms with Crippen molar-refractivity contribution in [2.45, 2.75) is 4.90 Å². The second-order valence-corrected chi connectivity index (χ2v) is 6.59. The van der Waals surface area contributed by atoms with E-state index in [1.165, 1.54) is 24.3 Å². The van der Waals surface area contributed by atoms with Gasteiger partial charge in [-0.15, -0.1) is 0 Å². The molecule has 0 bridgehead atoms. The zero-order chi connectivity index (χ0) is 15.6. The Kier molecular flexibility index (Phi) is 4.14. The van der Waals surface area contributed by atoms with Crippen molar-refractivity contribution in [1.29, 1.82) is 0 Å². The van der Waals surface area contributed by atoms with Gasteiger partial charge < -0.3 is 5.11 Å². The molecular formula is C12H9BrN2O5S. The standard InChI is InChI=1S/C12H9BrN2O5S/c13-8-3-1-4-9(7-8)21(19,20)14-12-10(15(17)18)5-2-6-11(12)16/h1-7,14,16H. The number of aromatic hydroxyl groups is 1. The van der Waals surface area contributed by atoms with Gasteiger partial charge in [-0.1, -0.05) is 28.1 Å². The number of anilines is 1. The average molecular weight is 373 g/mol. The van der Waals surface area contributed by atoms with Crippen molar-refractivity contribution in [1.82, 2.24) is 0 Å². The minimum Gasteiger partial charge on any atom is -0.505 e. The van der Waals surface area contributed by atoms with Gasteiger partial charge in [0, 0.05) is 10.5 Å². The first-order chi connectivity index (χ1) is 9.81. The number of phenolic OH excluding ortho intramolecular Hbond substituents is 1. The molecule has 2 rings (SSSR count). The maximum atomic E-state index is 12.2. The summed E-state index contributed by atoms with van der Waals surface area (Å²) in [6.07, 6.45) is 0. The highest BCUT2D eigenvalue weighted by molar-refractivity contribution is 9.10. The van der Waals surface area contributed by atoms with Crippen LogP contribution in [0.2, 0.25) is 0 Å². The zero-order valence-electron chi connectivity index (χ0n) is 10.4. The molecule has 0 saturated heterocycles. The molecule has 0 fully saturated rings. The fraction of sp³-hybridized carbons (Fsp3) is 0. The predicted octanol–water partition coefficient (Wildman–Crippen LogP) is 2.86. The van der Waals surface area contributed by atoms with Gasteiger partial charge in [0.1, 0.15) is 5.75 Å². The molecule has 2 aromatic rings. The van der Waals surface area contributed by atoms with Crippen LogP contribution in [0.3, 0.4) is 0 Å². The number of nitro groups is 1. The summed E-state index contributed by atoms with van der Waals surface area (Å²) in [5.74, 6) is -0.525. The second kappa shape index (κ2) is 5.70. The van der Waals surface area contributed by atoms with Crippen LogP contribution in [-0.4, -0.2) is 18.4 Å². The average Bonchev–Trinajstić information content (AvgIpc) is 2.40. The summed E-state index contributed by atoms with van der Waals surface area (Å²) >= 11 is 3.14. The minimum absolute atomic E-state index is 0.0885. The van der Waals surface area contributed by atoms with Gasteiger partial charge in [0.2, 0.25) is 0 Å². The lowest BCUT2D eigenvalue weighted by atomic mass is 10.2. The topological polar surface area (TPSA) is 110 Å². The number of nitro benzene ring substituents is 1. The highest BCUT2D eigenvalue weighted by Crippen LogP contribution is 2.34. The van der Waals surface area contributed by atoms with Gasteiger partial charge in [0.05, 0.1) is 9.82 Å². The summed E-state index contributed by atoms with van der Waals surface area (Å²) in [5.41, 5.74) is -1.00. The van der Waals surface area contributed by atoms with E-state index in [2.05, 4.69) is 15.9 Å². The lowest BCUT2D eigenvalue weighted by Gasteiger charge is -2.10. The Morgan fingerprint density at radius 2 is 1.86 bits per heavy atom. The molecule has 0 unspecified atom stereocenters. The molecule has 2 N–H and O–H groups in total. The number of para-hydroxylation sites is 1. The third kappa shape index (κ3) is 3.31. The number of benzene rings is 2. The summed E-state index contributed by atoms with van der Waals surface area (Å²) < 4.78 is 27.0. The Bertz CT molecular complexity index is 807. The van der Waals surface area contributed by atoms with Gasteiger partial charge in [-0.2, -0.15) is 0 Å². The van der Waals surface area contributed by atoms with Crippen LogP contribution < -0.4 is 4.72 Å². The fourth-order valence-corrected chi connectivity index (χ4v) is 3.30. The van der Waals surface area contributed by atoms with Crippen LogP contribution in [0.1, 0.15) is 0 Å². The molecule has 0 atom stereocenters. The number of hydrogen-bond acceptors (Lipinski definition) is 5. The molecule has 2 aromatic carbocycles. The molecule has 0 radical (unpaired) electrons. The quantitative estimate of drug-likeness (QED) is 0.487. The molecule has 0 saturated carbocycles. The fourth-order valence-electron chi connectivity index (χ4n) is 1.61. The third-order valence-electron chi connectivity index (χ3n) is 2.56. The zero-order valence-corrected chi connectivity index (χ0v) is 12.8. The van der Waals surface area contributed by atoms with E-state index in [0.717, 1.165) is 12.1 Å². The van der Waals surface area contributed by atoms with Gasteiger partial charge in [0.15, 0.2) is 5.69 Å². The van der Waals surface area contributed by atoms with Gasteiger partial charge in [-0.05, 0) is 24.3 Å². The number of nitrogens with one attached hydrogen (secondary N) is 1. The Morgan fingerprint density at radius 3 is 2.48 bits per heavy atom. The van der Waals surface area contributed by atoms with Gasteiger partial charge in [0.25, 0.3) is 15.7 Å². The molecule has 0 aromatic heterocycles. The van der Waals surface area contributed by atoms with E-state index in [1.807, 2.05) is 4.72 Å². The third-order valence-corrected chi connectivity index (χ3v) is 4.40. The predicted molar refractivity (Wildman–Crippen MR) is 79.7 cm³/mol. The molecule has 0 aliphatic carbocycles. The normalized spacial score (nSPS) is 11.1. The molecule has 9 heteroatoms. The van der Waals surface area contributed by atoms with E-state index in [4.69, 9.17) is 0 Å². The van der Waals surface area contributed by atoms with Crippen molar-refractivity contribution in [2.75, 3.05) is 4.72 Å². The summed E-state index contributed by atoms with van der Waals surface area (Å²) in [7, 11) is -4.06. The Balaban J connectivity index is 2.49. The molecule has 21 heavy (non-hydrogen) atoms. The summed E-state index contributed by atoms with van der Waals surface area (Å²) in [6.45, 7) is 0. The van der Waals surface area contributed by atoms with Crippen LogP contribution in [0.4, 0.5) is 11.4 Å². The molecule has 0 aliphatic rings. The largest absolute Gasteiger partial charge is 0.505 e. The molecular weight excluding hydrogens is 364 g/mol. The van der Waals surface area contributed by atoms with Crippen LogP contribution in [0.5, 0.6) is 5.75 Å². The Hall–Kier alpha value is -2.13. The van der Waals surface area contributed by atoms with Gasteiger partial charge in [-0.25, -0.2) is 8.42 Å². The Morgan fingerprint density at radius 1 is 1.19 bits per heavy atom. The number of nitrogens with zero attached hydrogens (tertiary/aromatic N) is 1. The molecule has 0 aliphatic heterocycles. The van der Waals surface area contributed by atoms with Crippen molar-refractivity contribution < 1.29 is 18.4 Å². The summed E-state index contributed by atoms with van der Waals surface area (Å²) in [6, 6.07) is 9.33. The molecule has 0 amide bonds. The van der Waals surface area contributed by atoms with E-state index >= 15 is 0 Å². The van der Waals surface area contributed by atoms with Crippen LogP contribution in [0, 0.1) is 10.1 Å². The van der Waals surface area contributed by atoms with E-state index < -0.39 is 32.1 Å². The second-order valence-electron chi connectivity index (χ2n) is 3.99. The highest BCUT2D eigenvalue weighted by Gasteiger charge is 2.23. The van der Waals surface area contributed by atoms with Crippen molar-refractivity contribution in [2.24, 2.45) is 0 Å². The number of sulfonamides is 1. The van der Waals surface area contributed by atoms with Crippen LogP contribution in [0.15, 0.2) is 51.8 Å². The van der Waals surface area contributed by atoms with Crippen molar-refractivity contribution >= 4 is 37.3 Å². The molecule has 0 spiro atoms. The molecule has 7 nitrogen and oxygen atoms in total. The van der Waals surface area contributed by atoms with E-state index in [-0.39, 0.29) is 4.90 Å². The van der Waals surface area contributed by atoms with E-state index in [1.54, 1.807) is 6.07 Å². The highest BCUT2D eigenvalue weighted by atomic mass is 79.9. The number of hydrogen-bond donors (Lipinski definition) is 2. The Labute approximate surface area is 128 Å². The van der Waals surface area contributed by atoms with Gasteiger partial charge in [-0.3, -0.25) is 14.8 Å². The monoisotopic (exact) mass is 372 g/mol. The maximum Gasteiger partial charge on any atom is 0.297 e. The van der Waals surface area contributed by atoms with E-state index in [0.29, 0.717) is 4.47 Å². The first-order valence-corrected chi connectivity index (χ1v) is 7.83. The summed E-state index contributed by atoms with van der Waals surface area (Å²) in [4.78, 5) is 10.0. The van der Waals surface area contributed by atoms with E-state index in [9.17, 15) is 23.6 Å². The van der Waals surface area contributed by atoms with Crippen molar-refractivity contribution in [3.63, 3.8) is 0 Å². The maximum absolute atomic E-state index is 12.2. The SMILES string of the molecule is O=[N+]([O-])c1cccc(O)c1NS(=O)(=O)c1cccc(Br)c1. The van der Waals surface area contributed by atoms with Crippen LogP contribution in [-0.2, 0) is 10.0 Å². The summed E-state index contributed by atoms with van der Waals surface area (Å²) in [5, 5.41) is 20.6. The lowest BCUT2D eigenvalue weighted by Crippen LogP contribution is -2.14. The minimum atomic E-state index is -4.06. The number of phenols is 1. The molecule has 0 heterocycles. The lowest BCUT2D eigenvalue weighted by molar-refractivity contribution is -0.383.